The topological polar surface area (TPSA) is 62.1 Å². The van der Waals surface area contributed by atoms with Crippen LogP contribution in [-0.2, 0) is 15.7 Å². The lowest BCUT2D eigenvalue weighted by molar-refractivity contribution is 0.0824. The van der Waals surface area contributed by atoms with Gasteiger partial charge in [-0.3, -0.25) is 4.68 Å². The summed E-state index contributed by atoms with van der Waals surface area (Å²) in [4.78, 5) is 8.48. The SMILES string of the molecule is CCOCCn1nc(C(O[SiH](C)C)C(C)(C)C)c2nc(Cl)nc(Cl)c21. The van der Waals surface area contributed by atoms with Crippen molar-refractivity contribution in [3.8, 4) is 0 Å². The summed E-state index contributed by atoms with van der Waals surface area (Å²) < 4.78 is 13.6. The molecule has 2 aromatic rings. The molecule has 0 amide bonds. The number of halogens is 2. The van der Waals surface area contributed by atoms with Crippen LogP contribution in [-0.4, -0.2) is 42.0 Å². The van der Waals surface area contributed by atoms with Crippen molar-refractivity contribution < 1.29 is 9.16 Å². The minimum Gasteiger partial charge on any atom is -0.411 e. The van der Waals surface area contributed by atoms with Crippen LogP contribution in [0.4, 0.5) is 0 Å². The van der Waals surface area contributed by atoms with Crippen molar-refractivity contribution in [1.29, 1.82) is 0 Å². The molecule has 25 heavy (non-hydrogen) atoms. The summed E-state index contributed by atoms with van der Waals surface area (Å²) in [5, 5.41) is 5.17. The Balaban J connectivity index is 2.61. The molecule has 9 heteroatoms. The Morgan fingerprint density at radius 2 is 1.88 bits per heavy atom. The third-order valence-electron chi connectivity index (χ3n) is 3.64. The fourth-order valence-electron chi connectivity index (χ4n) is 2.62. The lowest BCUT2D eigenvalue weighted by Gasteiger charge is -2.31. The van der Waals surface area contributed by atoms with E-state index in [-0.39, 0.29) is 16.8 Å². The third kappa shape index (κ3) is 4.92. The molecule has 0 saturated carbocycles. The number of nitrogens with zero attached hydrogens (tertiary/aromatic N) is 4. The maximum atomic E-state index is 6.35. The Morgan fingerprint density at radius 1 is 1.20 bits per heavy atom. The van der Waals surface area contributed by atoms with E-state index in [1.807, 2.05) is 6.92 Å². The van der Waals surface area contributed by atoms with E-state index in [1.165, 1.54) is 0 Å². The molecular formula is C16H26Cl2N4O2Si. The van der Waals surface area contributed by atoms with E-state index in [2.05, 4.69) is 43.8 Å². The van der Waals surface area contributed by atoms with Gasteiger partial charge in [0.1, 0.15) is 16.7 Å². The highest BCUT2D eigenvalue weighted by atomic mass is 35.5. The average Bonchev–Trinajstić information content (AvgIpc) is 2.82. The van der Waals surface area contributed by atoms with Gasteiger partial charge in [0, 0.05) is 6.61 Å². The molecule has 0 spiro atoms. The molecular weight excluding hydrogens is 379 g/mol. The van der Waals surface area contributed by atoms with E-state index >= 15 is 0 Å². The smallest absolute Gasteiger partial charge is 0.224 e. The van der Waals surface area contributed by atoms with Gasteiger partial charge in [0.2, 0.25) is 5.28 Å². The molecule has 2 rings (SSSR count). The van der Waals surface area contributed by atoms with Gasteiger partial charge in [-0.1, -0.05) is 32.4 Å². The largest absolute Gasteiger partial charge is 0.411 e. The van der Waals surface area contributed by atoms with E-state index in [1.54, 1.807) is 4.68 Å². The summed E-state index contributed by atoms with van der Waals surface area (Å²) in [7, 11) is -1.30. The zero-order valence-electron chi connectivity index (χ0n) is 15.6. The van der Waals surface area contributed by atoms with E-state index < -0.39 is 9.04 Å². The number of hydrogen-bond donors (Lipinski definition) is 0. The number of fused-ring (bicyclic) bond motifs is 1. The van der Waals surface area contributed by atoms with Crippen molar-refractivity contribution in [3.05, 3.63) is 16.1 Å². The first kappa shape index (κ1) is 20.6. The molecule has 0 aliphatic rings. The van der Waals surface area contributed by atoms with Crippen LogP contribution in [0, 0.1) is 5.41 Å². The Hall–Kier alpha value is -0.733. The monoisotopic (exact) mass is 404 g/mol. The number of ether oxygens (including phenoxy) is 1. The molecule has 0 fully saturated rings. The van der Waals surface area contributed by atoms with E-state index in [0.717, 1.165) is 5.69 Å². The first-order valence-corrected chi connectivity index (χ1v) is 12.0. The summed E-state index contributed by atoms with van der Waals surface area (Å²) in [5.74, 6) is 0. The van der Waals surface area contributed by atoms with Crippen molar-refractivity contribution in [2.24, 2.45) is 5.41 Å². The molecule has 6 nitrogen and oxygen atoms in total. The molecule has 0 aliphatic heterocycles. The lowest BCUT2D eigenvalue weighted by Crippen LogP contribution is -2.26. The van der Waals surface area contributed by atoms with Crippen molar-refractivity contribution in [2.75, 3.05) is 13.2 Å². The highest BCUT2D eigenvalue weighted by Gasteiger charge is 2.33. The van der Waals surface area contributed by atoms with Gasteiger partial charge in [0.05, 0.1) is 19.3 Å². The van der Waals surface area contributed by atoms with E-state index in [0.29, 0.717) is 35.9 Å². The van der Waals surface area contributed by atoms with Gasteiger partial charge >= 0.3 is 0 Å². The molecule has 1 unspecified atom stereocenters. The number of rotatable bonds is 7. The van der Waals surface area contributed by atoms with Crippen LogP contribution in [0.3, 0.4) is 0 Å². The molecule has 0 aliphatic carbocycles. The van der Waals surface area contributed by atoms with Crippen LogP contribution in [0.5, 0.6) is 0 Å². The van der Waals surface area contributed by atoms with Crippen LogP contribution < -0.4 is 0 Å². The van der Waals surface area contributed by atoms with Crippen LogP contribution in [0.1, 0.15) is 39.5 Å². The van der Waals surface area contributed by atoms with Gasteiger partial charge in [-0.05, 0) is 37.0 Å². The van der Waals surface area contributed by atoms with Gasteiger partial charge in [-0.25, -0.2) is 9.97 Å². The summed E-state index contributed by atoms with van der Waals surface area (Å²) in [6.45, 7) is 14.4. The minimum absolute atomic E-state index is 0.109. The van der Waals surface area contributed by atoms with Crippen molar-refractivity contribution >= 4 is 43.3 Å². The number of hydrogen-bond acceptors (Lipinski definition) is 5. The summed E-state index contributed by atoms with van der Waals surface area (Å²) in [5.41, 5.74) is 1.93. The van der Waals surface area contributed by atoms with Crippen LogP contribution in [0.2, 0.25) is 23.5 Å². The van der Waals surface area contributed by atoms with Crippen molar-refractivity contribution in [3.63, 3.8) is 0 Å². The third-order valence-corrected chi connectivity index (χ3v) is 4.89. The molecule has 2 heterocycles. The standard InChI is InChI=1S/C16H26Cl2N4O2Si/c1-7-23-9-8-22-12-10(19-15(18)20-14(12)17)11(21-22)13(16(2,3)4)24-25(5)6/h13,25H,7-9H2,1-6H3. The molecule has 2 aromatic heterocycles. The van der Waals surface area contributed by atoms with Gasteiger partial charge in [-0.15, -0.1) is 0 Å². The second-order valence-electron chi connectivity index (χ2n) is 7.22. The van der Waals surface area contributed by atoms with Gasteiger partial charge < -0.3 is 9.16 Å². The maximum Gasteiger partial charge on any atom is 0.224 e. The highest BCUT2D eigenvalue weighted by molar-refractivity contribution is 6.48. The molecule has 1 atom stereocenters. The Morgan fingerprint density at radius 3 is 2.44 bits per heavy atom. The Kier molecular flexibility index (Phi) is 6.84. The van der Waals surface area contributed by atoms with Crippen LogP contribution in [0.25, 0.3) is 11.0 Å². The molecule has 0 aromatic carbocycles. The fraction of sp³-hybridized carbons (Fsp3) is 0.688. The second kappa shape index (κ2) is 8.31. The molecule has 0 radical (unpaired) electrons. The van der Waals surface area contributed by atoms with Crippen LogP contribution >= 0.6 is 23.2 Å². The van der Waals surface area contributed by atoms with Crippen LogP contribution in [0.15, 0.2) is 0 Å². The fourth-order valence-corrected chi connectivity index (χ4v) is 4.18. The lowest BCUT2D eigenvalue weighted by atomic mass is 9.87. The van der Waals surface area contributed by atoms with E-state index in [4.69, 9.17) is 37.5 Å². The Labute approximate surface area is 160 Å². The zero-order valence-corrected chi connectivity index (χ0v) is 18.3. The van der Waals surface area contributed by atoms with Crippen molar-refractivity contribution in [1.82, 2.24) is 19.7 Å². The van der Waals surface area contributed by atoms with Gasteiger partial charge in [0.25, 0.3) is 0 Å². The Bertz CT molecular complexity index is 731. The van der Waals surface area contributed by atoms with Gasteiger partial charge in [-0.2, -0.15) is 5.10 Å². The highest BCUT2D eigenvalue weighted by Crippen LogP contribution is 2.39. The average molecular weight is 405 g/mol. The molecule has 0 bridgehead atoms. The maximum absolute atomic E-state index is 6.35. The van der Waals surface area contributed by atoms with Gasteiger partial charge in [0.15, 0.2) is 14.2 Å². The summed E-state index contributed by atoms with van der Waals surface area (Å²) in [6, 6.07) is 0. The normalized spacial score (nSPS) is 13.8. The summed E-state index contributed by atoms with van der Waals surface area (Å²) in [6.07, 6.45) is -0.197. The predicted octanol–water partition coefficient (Wildman–Crippen LogP) is 4.26. The molecule has 0 saturated heterocycles. The second-order valence-corrected chi connectivity index (χ2v) is 10.3. The molecule has 140 valence electrons. The first-order chi connectivity index (χ1) is 11.6. The number of aromatic nitrogens is 4. The zero-order chi connectivity index (χ0) is 18.8. The summed E-state index contributed by atoms with van der Waals surface area (Å²) >= 11 is 12.4. The quantitative estimate of drug-likeness (QED) is 0.298. The van der Waals surface area contributed by atoms with Crippen molar-refractivity contribution in [2.45, 2.75) is 53.4 Å². The van der Waals surface area contributed by atoms with E-state index in [9.17, 15) is 0 Å². The molecule has 0 N–H and O–H groups in total. The minimum atomic E-state index is -1.30. The predicted molar refractivity (Wildman–Crippen MR) is 104 cm³/mol. The first-order valence-electron chi connectivity index (χ1n) is 8.47.